The van der Waals surface area contributed by atoms with E-state index in [1.54, 1.807) is 6.08 Å². The molecule has 0 atom stereocenters. The molecule has 116 valence electrons. The third-order valence-corrected chi connectivity index (χ3v) is 3.13. The molecule has 0 saturated carbocycles. The van der Waals surface area contributed by atoms with E-state index in [0.29, 0.717) is 11.4 Å². The lowest BCUT2D eigenvalue weighted by molar-refractivity contribution is -0.396. The zero-order valence-electron chi connectivity index (χ0n) is 12.1. The second-order valence-electron chi connectivity index (χ2n) is 4.52. The van der Waals surface area contributed by atoms with Crippen molar-refractivity contribution >= 4 is 23.8 Å². The highest BCUT2D eigenvalue weighted by Crippen LogP contribution is 2.18. The van der Waals surface area contributed by atoms with E-state index >= 15 is 0 Å². The summed E-state index contributed by atoms with van der Waals surface area (Å²) in [4.78, 5) is 38.1. The molecule has 2 amide bonds. The van der Waals surface area contributed by atoms with Gasteiger partial charge in [-0.1, -0.05) is 11.1 Å². The van der Waals surface area contributed by atoms with Crippen molar-refractivity contribution in [1.29, 1.82) is 0 Å². The first-order chi connectivity index (χ1) is 10.5. The lowest BCUT2D eigenvalue weighted by Crippen LogP contribution is -2.29. The largest absolute Gasteiger partial charge is 0.435 e. The average molecular weight is 306 g/mol. The highest BCUT2D eigenvalue weighted by molar-refractivity contribution is 6.13. The standard InChI is InChI=1S/C13H14N4O5/c1-15-10(8-22-2)9(14-13(15)17(20)21)4-3-7-16-11(18)5-6-12(16)19/h3-6H,7-8H2,1-2H3/b4-3+. The van der Waals surface area contributed by atoms with Gasteiger partial charge in [0.15, 0.2) is 5.69 Å². The van der Waals surface area contributed by atoms with Crippen molar-refractivity contribution < 1.29 is 19.2 Å². The van der Waals surface area contributed by atoms with Crippen LogP contribution in [0.1, 0.15) is 11.4 Å². The Morgan fingerprint density at radius 2 is 2.00 bits per heavy atom. The first-order valence-electron chi connectivity index (χ1n) is 6.34. The number of ether oxygens (including phenoxy) is 1. The molecule has 1 aliphatic rings. The summed E-state index contributed by atoms with van der Waals surface area (Å²) in [6, 6.07) is 0. The number of imidazole rings is 1. The molecular formula is C13H14N4O5. The Bertz CT molecular complexity index is 671. The van der Waals surface area contributed by atoms with Crippen LogP contribution < -0.4 is 0 Å². The van der Waals surface area contributed by atoms with Crippen molar-refractivity contribution in [3.05, 3.63) is 39.7 Å². The van der Waals surface area contributed by atoms with Gasteiger partial charge < -0.3 is 14.9 Å². The molecule has 0 fully saturated rings. The maximum absolute atomic E-state index is 11.4. The van der Waals surface area contributed by atoms with E-state index in [9.17, 15) is 19.7 Å². The zero-order chi connectivity index (χ0) is 16.3. The van der Waals surface area contributed by atoms with E-state index in [1.165, 1.54) is 37.0 Å². The number of carbonyl (C=O) groups is 2. The van der Waals surface area contributed by atoms with Crippen LogP contribution >= 0.6 is 0 Å². The highest BCUT2D eigenvalue weighted by atomic mass is 16.6. The average Bonchev–Trinajstić information content (AvgIpc) is 2.95. The molecule has 1 aromatic heterocycles. The van der Waals surface area contributed by atoms with Crippen molar-refractivity contribution in [3.8, 4) is 0 Å². The summed E-state index contributed by atoms with van der Waals surface area (Å²) in [6.45, 7) is 0.224. The third kappa shape index (κ3) is 2.93. The molecule has 2 heterocycles. The number of hydrogen-bond acceptors (Lipinski definition) is 6. The molecule has 9 heteroatoms. The van der Waals surface area contributed by atoms with Crippen LogP contribution in [0, 0.1) is 10.1 Å². The minimum Gasteiger partial charge on any atom is -0.390 e. The lowest BCUT2D eigenvalue weighted by atomic mass is 10.3. The Morgan fingerprint density at radius 3 is 2.55 bits per heavy atom. The Hall–Kier alpha value is -2.81. The molecule has 0 radical (unpaired) electrons. The van der Waals surface area contributed by atoms with Crippen LogP contribution in [-0.4, -0.2) is 44.8 Å². The van der Waals surface area contributed by atoms with Crippen molar-refractivity contribution in [2.45, 2.75) is 6.61 Å². The number of imide groups is 1. The zero-order valence-corrected chi connectivity index (χ0v) is 12.1. The SMILES string of the molecule is COCc1c(/C=C/CN2C(=O)C=CC2=O)nc([N+](=O)[O-])n1C. The fraction of sp³-hybridized carbons (Fsp3) is 0.308. The van der Waals surface area contributed by atoms with Gasteiger partial charge in [0.05, 0.1) is 7.05 Å². The Balaban J connectivity index is 2.19. The number of methoxy groups -OCH3 is 1. The summed E-state index contributed by atoms with van der Waals surface area (Å²) in [5.74, 6) is -1.08. The lowest BCUT2D eigenvalue weighted by Gasteiger charge is -2.09. The molecule has 0 N–H and O–H groups in total. The van der Waals surface area contributed by atoms with E-state index in [2.05, 4.69) is 4.98 Å². The monoisotopic (exact) mass is 306 g/mol. The molecule has 0 bridgehead atoms. The summed E-state index contributed by atoms with van der Waals surface area (Å²) in [5.41, 5.74) is 0.894. The van der Waals surface area contributed by atoms with Crippen molar-refractivity contribution in [2.24, 2.45) is 7.05 Å². The molecular weight excluding hydrogens is 292 g/mol. The van der Waals surface area contributed by atoms with Crippen LogP contribution in [0.3, 0.4) is 0 Å². The number of nitro groups is 1. The number of hydrogen-bond donors (Lipinski definition) is 0. The topological polar surface area (TPSA) is 108 Å². The summed E-state index contributed by atoms with van der Waals surface area (Å²) >= 11 is 0. The Kier molecular flexibility index (Phi) is 4.47. The quantitative estimate of drug-likeness (QED) is 0.428. The van der Waals surface area contributed by atoms with Crippen LogP contribution in [0.5, 0.6) is 0 Å². The summed E-state index contributed by atoms with van der Waals surface area (Å²) in [7, 11) is 2.99. The smallest absolute Gasteiger partial charge is 0.390 e. The minimum absolute atomic E-state index is 0.0709. The van der Waals surface area contributed by atoms with E-state index in [1.807, 2.05) is 0 Å². The summed E-state index contributed by atoms with van der Waals surface area (Å²) in [5, 5.41) is 10.9. The van der Waals surface area contributed by atoms with Gasteiger partial charge in [0.2, 0.25) is 0 Å². The van der Waals surface area contributed by atoms with Crippen molar-refractivity contribution in [1.82, 2.24) is 14.5 Å². The van der Waals surface area contributed by atoms with E-state index in [0.717, 1.165) is 4.90 Å². The molecule has 22 heavy (non-hydrogen) atoms. The van der Waals surface area contributed by atoms with Crippen LogP contribution in [0.4, 0.5) is 5.95 Å². The maximum atomic E-state index is 11.4. The minimum atomic E-state index is -0.589. The molecule has 2 rings (SSSR count). The van der Waals surface area contributed by atoms with Crippen LogP contribution in [0.15, 0.2) is 18.2 Å². The van der Waals surface area contributed by atoms with Crippen molar-refractivity contribution in [3.63, 3.8) is 0 Å². The number of amides is 2. The molecule has 1 aromatic rings. The van der Waals surface area contributed by atoms with E-state index in [-0.39, 0.29) is 19.1 Å². The fourth-order valence-electron chi connectivity index (χ4n) is 2.02. The van der Waals surface area contributed by atoms with Crippen LogP contribution in [-0.2, 0) is 28.0 Å². The molecule has 0 saturated heterocycles. The highest BCUT2D eigenvalue weighted by Gasteiger charge is 2.24. The van der Waals surface area contributed by atoms with Gasteiger partial charge in [-0.2, -0.15) is 0 Å². The van der Waals surface area contributed by atoms with E-state index in [4.69, 9.17) is 4.74 Å². The van der Waals surface area contributed by atoms with Gasteiger partial charge in [-0.3, -0.25) is 14.5 Å². The number of carbonyl (C=O) groups excluding carboxylic acids is 2. The molecule has 0 aromatic carbocycles. The molecule has 0 aliphatic carbocycles. The molecule has 1 aliphatic heterocycles. The Labute approximate surface area is 125 Å². The van der Waals surface area contributed by atoms with Gasteiger partial charge in [-0.25, -0.2) is 4.57 Å². The second kappa shape index (κ2) is 6.31. The predicted octanol–water partition coefficient (Wildman–Crippen LogP) is 0.413. The number of nitrogens with zero attached hydrogens (tertiary/aromatic N) is 4. The maximum Gasteiger partial charge on any atom is 0.435 e. The summed E-state index contributed by atoms with van der Waals surface area (Å²) in [6.07, 6.45) is 5.46. The van der Waals surface area contributed by atoms with Gasteiger partial charge >= 0.3 is 5.95 Å². The molecule has 0 unspecified atom stereocenters. The van der Waals surface area contributed by atoms with Crippen LogP contribution in [0.25, 0.3) is 6.08 Å². The molecule has 0 spiro atoms. The van der Waals surface area contributed by atoms with Crippen LogP contribution in [0.2, 0.25) is 0 Å². The van der Waals surface area contributed by atoms with Gasteiger partial charge in [0, 0.05) is 25.8 Å². The molecule has 9 nitrogen and oxygen atoms in total. The first kappa shape index (κ1) is 15.6. The predicted molar refractivity (Wildman–Crippen MR) is 75.5 cm³/mol. The van der Waals surface area contributed by atoms with E-state index < -0.39 is 16.7 Å². The summed E-state index contributed by atoms with van der Waals surface area (Å²) < 4.78 is 6.34. The van der Waals surface area contributed by atoms with Gasteiger partial charge in [0.1, 0.15) is 12.3 Å². The van der Waals surface area contributed by atoms with Crippen molar-refractivity contribution in [2.75, 3.05) is 13.7 Å². The normalized spacial score (nSPS) is 14.5. The fourth-order valence-corrected chi connectivity index (χ4v) is 2.02. The van der Waals surface area contributed by atoms with Gasteiger partial charge in [0.25, 0.3) is 11.8 Å². The number of aromatic nitrogens is 2. The van der Waals surface area contributed by atoms with Gasteiger partial charge in [-0.15, -0.1) is 0 Å². The first-order valence-corrected chi connectivity index (χ1v) is 6.34. The Morgan fingerprint density at radius 1 is 1.36 bits per heavy atom. The number of rotatable bonds is 6. The van der Waals surface area contributed by atoms with Gasteiger partial charge in [-0.05, 0) is 11.0 Å². The second-order valence-corrected chi connectivity index (χ2v) is 4.52. The third-order valence-electron chi connectivity index (χ3n) is 3.13.